The number of carbonyl (C=O) groups is 3. The number of ketones is 1. The Kier molecular flexibility index (Phi) is 8.75. The van der Waals surface area contributed by atoms with Gasteiger partial charge in [-0.25, -0.2) is 4.79 Å². The lowest BCUT2D eigenvalue weighted by Crippen LogP contribution is -2.48. The number of hydrogen-bond acceptors (Lipinski definition) is 6. The van der Waals surface area contributed by atoms with E-state index >= 15 is 0 Å². The molecule has 0 aromatic heterocycles. The van der Waals surface area contributed by atoms with E-state index in [1.165, 1.54) is 14.0 Å². The van der Waals surface area contributed by atoms with Crippen LogP contribution in [0.1, 0.15) is 40.0 Å². The Bertz CT molecular complexity index is 506. The minimum Gasteiger partial charge on any atom is -0.458 e. The maximum Gasteiger partial charge on any atom is 0.392 e. The number of Topliss-reactive ketones (excluding diaryl/α,β-unsaturated/α-hetero) is 1. The largest absolute Gasteiger partial charge is 0.458 e. The van der Waals surface area contributed by atoms with Crippen LogP contribution in [0.4, 0.5) is 13.2 Å². The van der Waals surface area contributed by atoms with E-state index < -0.39 is 48.0 Å². The van der Waals surface area contributed by atoms with Gasteiger partial charge in [0, 0.05) is 13.5 Å². The second-order valence-electron chi connectivity index (χ2n) is 6.06. The van der Waals surface area contributed by atoms with Crippen LogP contribution in [0.3, 0.4) is 0 Å². The normalized spacial score (nSPS) is 14.4. The van der Waals surface area contributed by atoms with E-state index in [1.54, 1.807) is 0 Å². The first-order valence-corrected chi connectivity index (χ1v) is 7.47. The maximum absolute atomic E-state index is 12.5. The molecule has 0 radical (unpaired) electrons. The molecule has 2 atom stereocenters. The van der Waals surface area contributed by atoms with Gasteiger partial charge in [0.25, 0.3) is 0 Å². The number of esters is 1. The zero-order chi connectivity index (χ0) is 19.8. The number of hydrogen-bond donors (Lipinski definition) is 2. The maximum atomic E-state index is 12.5. The van der Waals surface area contributed by atoms with Gasteiger partial charge in [-0.1, -0.05) is 0 Å². The Morgan fingerprint density at radius 1 is 1.24 bits per heavy atom. The molecular formula is C15H23F3N2O5. The molecule has 7 nitrogen and oxygen atoms in total. The summed E-state index contributed by atoms with van der Waals surface area (Å²) in [5.74, 6) is -2.37. The lowest BCUT2D eigenvalue weighted by atomic mass is 10.0. The lowest BCUT2D eigenvalue weighted by Gasteiger charge is -2.29. The molecule has 144 valence electrons. The molecule has 0 fully saturated rings. The third kappa shape index (κ3) is 9.80. The van der Waals surface area contributed by atoms with Crippen molar-refractivity contribution in [2.24, 2.45) is 0 Å². The molecule has 0 saturated heterocycles. The third-order valence-electron chi connectivity index (χ3n) is 3.17. The van der Waals surface area contributed by atoms with Crippen molar-refractivity contribution in [3.63, 3.8) is 0 Å². The van der Waals surface area contributed by atoms with E-state index in [1.807, 2.05) is 0 Å². The minimum absolute atomic E-state index is 0.211. The molecule has 0 aliphatic heterocycles. The first-order valence-electron chi connectivity index (χ1n) is 7.47. The first-order chi connectivity index (χ1) is 11.3. The molecule has 0 rings (SSSR count). The fourth-order valence-electron chi connectivity index (χ4n) is 1.87. The van der Waals surface area contributed by atoms with Gasteiger partial charge in [0.2, 0.25) is 5.91 Å². The summed E-state index contributed by atoms with van der Waals surface area (Å²) in [4.78, 5) is 35.2. The molecule has 0 saturated carbocycles. The Balaban J connectivity index is 5.09. The summed E-state index contributed by atoms with van der Waals surface area (Å²) in [6, 6.07) is -1.33. The van der Waals surface area contributed by atoms with Crippen LogP contribution in [0.15, 0.2) is 0 Å². The second kappa shape index (κ2) is 9.50. The predicted octanol–water partition coefficient (Wildman–Crippen LogP) is 1.78. The Hall–Kier alpha value is -1.97. The zero-order valence-corrected chi connectivity index (χ0v) is 14.5. The van der Waals surface area contributed by atoms with Crippen molar-refractivity contribution >= 4 is 23.9 Å². The quantitative estimate of drug-likeness (QED) is 0.452. The van der Waals surface area contributed by atoms with Gasteiger partial charge in [-0.2, -0.15) is 13.2 Å². The minimum atomic E-state index is -4.54. The highest BCUT2D eigenvalue weighted by Crippen LogP contribution is 2.30. The van der Waals surface area contributed by atoms with Gasteiger partial charge in [0.05, 0.1) is 12.6 Å². The van der Waals surface area contributed by atoms with Crippen LogP contribution in [0.25, 0.3) is 0 Å². The van der Waals surface area contributed by atoms with Crippen LogP contribution in [-0.4, -0.2) is 54.9 Å². The number of nitrogens with one attached hydrogen (secondary N) is 2. The second-order valence-corrected chi connectivity index (χ2v) is 6.06. The van der Waals surface area contributed by atoms with E-state index in [4.69, 9.17) is 14.9 Å². The van der Waals surface area contributed by atoms with E-state index in [0.29, 0.717) is 6.21 Å². The van der Waals surface area contributed by atoms with Crippen LogP contribution >= 0.6 is 0 Å². The fourth-order valence-corrected chi connectivity index (χ4v) is 1.87. The number of halogens is 3. The van der Waals surface area contributed by atoms with Crippen molar-refractivity contribution in [3.8, 4) is 0 Å². The highest BCUT2D eigenvalue weighted by molar-refractivity contribution is 6.26. The average molecular weight is 368 g/mol. The fraction of sp³-hybridized carbons (Fsp3) is 0.733. The van der Waals surface area contributed by atoms with Gasteiger partial charge in [0.15, 0.2) is 5.78 Å². The summed E-state index contributed by atoms with van der Waals surface area (Å²) in [5, 5.41) is 9.10. The van der Waals surface area contributed by atoms with Gasteiger partial charge in [-0.15, -0.1) is 0 Å². The molecule has 1 amide bonds. The number of ether oxygens (including phenoxy) is 2. The van der Waals surface area contributed by atoms with E-state index in [0.717, 1.165) is 13.8 Å². The van der Waals surface area contributed by atoms with Crippen molar-refractivity contribution in [1.82, 2.24) is 5.32 Å². The highest BCUT2D eigenvalue weighted by atomic mass is 19.4. The molecule has 0 unspecified atom stereocenters. The van der Waals surface area contributed by atoms with E-state index in [9.17, 15) is 27.6 Å². The first kappa shape index (κ1) is 23.0. The number of amides is 1. The monoisotopic (exact) mass is 368 g/mol. The molecule has 10 heteroatoms. The van der Waals surface area contributed by atoms with Crippen molar-refractivity contribution in [2.75, 3.05) is 7.11 Å². The smallest absolute Gasteiger partial charge is 0.392 e. The molecule has 2 N–H and O–H groups in total. The standard InChI is InChI=1S/C15H23F3N2O5/c1-9(24-4)12(22)20-11(6-5-10(21)7-19)13(23)25-14(2,3)8-15(16,17)18/h7,9,11,19H,5-6,8H2,1-4H3,(H,20,22)/t9-,11+/m1/s1. The van der Waals surface area contributed by atoms with Crippen LogP contribution in [0.5, 0.6) is 0 Å². The SMILES string of the molecule is CO[C@H](C)C(=O)N[C@@H](CCC(=O)C=N)C(=O)OC(C)(C)CC(F)(F)F. The van der Waals surface area contributed by atoms with Crippen molar-refractivity contribution in [1.29, 1.82) is 5.41 Å². The molecule has 0 bridgehead atoms. The Morgan fingerprint density at radius 3 is 2.24 bits per heavy atom. The Labute approximate surface area is 143 Å². The van der Waals surface area contributed by atoms with Crippen LogP contribution < -0.4 is 5.32 Å². The van der Waals surface area contributed by atoms with Gasteiger partial charge in [-0.05, 0) is 27.2 Å². The summed E-state index contributed by atoms with van der Waals surface area (Å²) >= 11 is 0. The van der Waals surface area contributed by atoms with Gasteiger partial charge in [-0.3, -0.25) is 9.59 Å². The van der Waals surface area contributed by atoms with Crippen LogP contribution in [-0.2, 0) is 23.9 Å². The zero-order valence-electron chi connectivity index (χ0n) is 14.5. The molecule has 0 heterocycles. The van der Waals surface area contributed by atoms with Gasteiger partial charge >= 0.3 is 12.1 Å². The van der Waals surface area contributed by atoms with Crippen LogP contribution in [0.2, 0.25) is 0 Å². The number of alkyl halides is 3. The molecule has 0 spiro atoms. The van der Waals surface area contributed by atoms with Gasteiger partial charge in [0.1, 0.15) is 17.7 Å². The summed E-state index contributed by atoms with van der Waals surface area (Å²) in [6.45, 7) is 3.60. The number of methoxy groups -OCH3 is 1. The molecule has 0 aromatic carbocycles. The molecule has 0 aliphatic carbocycles. The summed E-state index contributed by atoms with van der Waals surface area (Å²) < 4.78 is 47.2. The summed E-state index contributed by atoms with van der Waals surface area (Å²) in [7, 11) is 1.27. The topological polar surface area (TPSA) is 106 Å². The predicted molar refractivity (Wildman–Crippen MR) is 82.3 cm³/mol. The van der Waals surface area contributed by atoms with Crippen molar-refractivity contribution < 1.29 is 37.0 Å². The van der Waals surface area contributed by atoms with Crippen molar-refractivity contribution in [3.05, 3.63) is 0 Å². The van der Waals surface area contributed by atoms with Crippen LogP contribution in [0, 0.1) is 5.41 Å². The Morgan fingerprint density at radius 2 is 1.80 bits per heavy atom. The van der Waals surface area contributed by atoms with E-state index in [2.05, 4.69) is 5.32 Å². The summed E-state index contributed by atoms with van der Waals surface area (Å²) in [6.07, 6.45) is -6.71. The number of carbonyl (C=O) groups excluding carboxylic acids is 3. The van der Waals surface area contributed by atoms with Gasteiger partial charge < -0.3 is 20.2 Å². The highest BCUT2D eigenvalue weighted by Gasteiger charge is 2.40. The molecular weight excluding hydrogens is 345 g/mol. The molecule has 0 aliphatic rings. The number of rotatable bonds is 10. The van der Waals surface area contributed by atoms with Crippen molar-refractivity contribution in [2.45, 2.75) is 64.0 Å². The lowest BCUT2D eigenvalue weighted by molar-refractivity contribution is -0.190. The summed E-state index contributed by atoms with van der Waals surface area (Å²) in [5.41, 5.74) is -1.84. The molecule has 25 heavy (non-hydrogen) atoms. The van der Waals surface area contributed by atoms with E-state index in [-0.39, 0.29) is 12.8 Å². The molecule has 0 aromatic rings. The average Bonchev–Trinajstić information content (AvgIpc) is 2.46. The third-order valence-corrected chi connectivity index (χ3v) is 3.17.